The highest BCUT2D eigenvalue weighted by Crippen LogP contribution is 2.12. The molecule has 20 heavy (non-hydrogen) atoms. The zero-order chi connectivity index (χ0) is 14.4. The first kappa shape index (κ1) is 15.8. The first-order valence-corrected chi connectivity index (χ1v) is 8.69. The predicted molar refractivity (Wildman–Crippen MR) is 84.1 cm³/mol. The molecule has 0 radical (unpaired) electrons. The number of hydrogen-bond acceptors (Lipinski definition) is 5. The van der Waals surface area contributed by atoms with E-state index in [1.165, 1.54) is 31.0 Å². The molecule has 1 fully saturated rings. The summed E-state index contributed by atoms with van der Waals surface area (Å²) in [4.78, 5) is 5.05. The molecule has 6 heteroatoms. The lowest BCUT2D eigenvalue weighted by Gasteiger charge is -2.34. The SMILES string of the molecule is CSCCN1CCN(Cc2cn(CCO)nc2C)CC1. The molecule has 1 aliphatic rings. The van der Waals surface area contributed by atoms with E-state index in [9.17, 15) is 0 Å². The summed E-state index contributed by atoms with van der Waals surface area (Å²) in [7, 11) is 0. The van der Waals surface area contributed by atoms with E-state index in [0.29, 0.717) is 6.54 Å². The van der Waals surface area contributed by atoms with E-state index in [0.717, 1.165) is 25.3 Å². The molecule has 0 aromatic carbocycles. The van der Waals surface area contributed by atoms with Crippen molar-refractivity contribution in [2.45, 2.75) is 20.0 Å². The van der Waals surface area contributed by atoms with Crippen LogP contribution in [0.1, 0.15) is 11.3 Å². The molecule has 0 aliphatic carbocycles. The van der Waals surface area contributed by atoms with Gasteiger partial charge in [0, 0.05) is 56.8 Å². The van der Waals surface area contributed by atoms with E-state index in [2.05, 4.69) is 34.3 Å². The molecule has 1 aromatic rings. The Morgan fingerprint density at radius 2 is 1.90 bits per heavy atom. The van der Waals surface area contributed by atoms with Gasteiger partial charge in [0.15, 0.2) is 0 Å². The molecule has 0 spiro atoms. The minimum absolute atomic E-state index is 0.147. The van der Waals surface area contributed by atoms with Gasteiger partial charge in [0.05, 0.1) is 18.8 Å². The predicted octanol–water partition coefficient (Wildman–Crippen LogP) is 0.664. The van der Waals surface area contributed by atoms with Gasteiger partial charge in [-0.2, -0.15) is 16.9 Å². The minimum atomic E-state index is 0.147. The van der Waals surface area contributed by atoms with Crippen molar-refractivity contribution in [2.24, 2.45) is 0 Å². The van der Waals surface area contributed by atoms with E-state index in [-0.39, 0.29) is 6.61 Å². The Labute approximate surface area is 125 Å². The second-order valence-electron chi connectivity index (χ2n) is 5.34. The van der Waals surface area contributed by atoms with Crippen molar-refractivity contribution in [1.82, 2.24) is 19.6 Å². The zero-order valence-electron chi connectivity index (χ0n) is 12.6. The Morgan fingerprint density at radius 1 is 1.20 bits per heavy atom. The summed E-state index contributed by atoms with van der Waals surface area (Å²) < 4.78 is 1.85. The molecule has 2 rings (SSSR count). The van der Waals surface area contributed by atoms with E-state index < -0.39 is 0 Å². The van der Waals surface area contributed by atoms with Gasteiger partial charge < -0.3 is 5.11 Å². The molecule has 0 bridgehead atoms. The number of aliphatic hydroxyl groups excluding tert-OH is 1. The Kier molecular flexibility index (Phi) is 6.35. The summed E-state index contributed by atoms with van der Waals surface area (Å²) in [6.07, 6.45) is 4.24. The summed E-state index contributed by atoms with van der Waals surface area (Å²) >= 11 is 1.92. The van der Waals surface area contributed by atoms with Crippen molar-refractivity contribution < 1.29 is 5.11 Å². The van der Waals surface area contributed by atoms with Gasteiger partial charge in [0.2, 0.25) is 0 Å². The molecule has 5 nitrogen and oxygen atoms in total. The third-order valence-electron chi connectivity index (χ3n) is 3.85. The van der Waals surface area contributed by atoms with Crippen molar-refractivity contribution in [3.63, 3.8) is 0 Å². The molecule has 1 aromatic heterocycles. The van der Waals surface area contributed by atoms with Gasteiger partial charge in [-0.1, -0.05) is 0 Å². The second-order valence-corrected chi connectivity index (χ2v) is 6.32. The Hall–Kier alpha value is -0.560. The smallest absolute Gasteiger partial charge is 0.0641 e. The Morgan fingerprint density at radius 3 is 2.55 bits per heavy atom. The third kappa shape index (κ3) is 4.48. The van der Waals surface area contributed by atoms with Gasteiger partial charge in [-0.15, -0.1) is 0 Å². The second kappa shape index (κ2) is 8.02. The summed E-state index contributed by atoms with van der Waals surface area (Å²) in [5, 5.41) is 13.4. The number of aromatic nitrogens is 2. The van der Waals surface area contributed by atoms with Gasteiger partial charge in [-0.3, -0.25) is 14.5 Å². The molecule has 1 saturated heterocycles. The number of nitrogens with zero attached hydrogens (tertiary/aromatic N) is 4. The first-order chi connectivity index (χ1) is 9.72. The molecule has 0 amide bonds. The van der Waals surface area contributed by atoms with Gasteiger partial charge in [0.25, 0.3) is 0 Å². The fourth-order valence-corrected chi connectivity index (χ4v) is 3.00. The molecular formula is C14H26N4OS. The van der Waals surface area contributed by atoms with Crippen molar-refractivity contribution in [3.05, 3.63) is 17.5 Å². The number of aliphatic hydroxyl groups is 1. The van der Waals surface area contributed by atoms with Crippen LogP contribution >= 0.6 is 11.8 Å². The average molecular weight is 298 g/mol. The quantitative estimate of drug-likeness (QED) is 0.801. The molecule has 1 N–H and O–H groups in total. The molecule has 114 valence electrons. The number of piperazine rings is 1. The molecule has 0 atom stereocenters. The molecule has 2 heterocycles. The normalized spacial score (nSPS) is 17.8. The van der Waals surface area contributed by atoms with Crippen LogP contribution in [0.25, 0.3) is 0 Å². The molecule has 0 saturated carbocycles. The van der Waals surface area contributed by atoms with Crippen LogP contribution in [0.4, 0.5) is 0 Å². The van der Waals surface area contributed by atoms with Crippen LogP contribution in [0.3, 0.4) is 0 Å². The van der Waals surface area contributed by atoms with E-state index >= 15 is 0 Å². The van der Waals surface area contributed by atoms with Crippen molar-refractivity contribution in [3.8, 4) is 0 Å². The largest absolute Gasteiger partial charge is 0.394 e. The lowest BCUT2D eigenvalue weighted by atomic mass is 10.2. The van der Waals surface area contributed by atoms with E-state index in [1.54, 1.807) is 0 Å². The monoisotopic (exact) mass is 298 g/mol. The van der Waals surface area contributed by atoms with Gasteiger partial charge in [0.1, 0.15) is 0 Å². The van der Waals surface area contributed by atoms with Crippen LogP contribution in [0, 0.1) is 6.92 Å². The Balaban J connectivity index is 1.80. The summed E-state index contributed by atoms with van der Waals surface area (Å²) in [5.74, 6) is 1.23. The maximum absolute atomic E-state index is 8.96. The summed E-state index contributed by atoms with van der Waals surface area (Å²) in [5.41, 5.74) is 2.37. The highest BCUT2D eigenvalue weighted by molar-refractivity contribution is 7.98. The maximum Gasteiger partial charge on any atom is 0.0641 e. The fourth-order valence-electron chi connectivity index (χ4n) is 2.56. The molecule has 1 aliphatic heterocycles. The van der Waals surface area contributed by atoms with Crippen LogP contribution < -0.4 is 0 Å². The van der Waals surface area contributed by atoms with Crippen molar-refractivity contribution in [1.29, 1.82) is 0 Å². The number of aryl methyl sites for hydroxylation is 1. The van der Waals surface area contributed by atoms with Gasteiger partial charge >= 0.3 is 0 Å². The van der Waals surface area contributed by atoms with Crippen LogP contribution in [0.5, 0.6) is 0 Å². The van der Waals surface area contributed by atoms with Gasteiger partial charge in [-0.05, 0) is 13.2 Å². The maximum atomic E-state index is 8.96. The number of rotatable bonds is 7. The van der Waals surface area contributed by atoms with E-state index in [4.69, 9.17) is 5.11 Å². The topological polar surface area (TPSA) is 44.5 Å². The fraction of sp³-hybridized carbons (Fsp3) is 0.786. The van der Waals surface area contributed by atoms with Crippen LogP contribution in [0.2, 0.25) is 0 Å². The van der Waals surface area contributed by atoms with Crippen LogP contribution in [-0.4, -0.2) is 76.0 Å². The first-order valence-electron chi connectivity index (χ1n) is 7.30. The van der Waals surface area contributed by atoms with E-state index in [1.807, 2.05) is 16.4 Å². The van der Waals surface area contributed by atoms with Gasteiger partial charge in [-0.25, -0.2) is 0 Å². The zero-order valence-corrected chi connectivity index (χ0v) is 13.4. The number of hydrogen-bond donors (Lipinski definition) is 1. The van der Waals surface area contributed by atoms with Crippen molar-refractivity contribution >= 4 is 11.8 Å². The number of thioether (sulfide) groups is 1. The van der Waals surface area contributed by atoms with Crippen LogP contribution in [-0.2, 0) is 13.1 Å². The molecular weight excluding hydrogens is 272 g/mol. The highest BCUT2D eigenvalue weighted by atomic mass is 32.2. The van der Waals surface area contributed by atoms with Crippen molar-refractivity contribution in [2.75, 3.05) is 51.3 Å². The standard InChI is InChI=1S/C14H26N4OS/c1-13-14(12-18(15-13)7-9-19)11-17-5-3-16(4-6-17)8-10-20-2/h12,19H,3-11H2,1-2H3. The van der Waals surface area contributed by atoms with Crippen LogP contribution in [0.15, 0.2) is 6.20 Å². The Bertz CT molecular complexity index is 402. The third-order valence-corrected chi connectivity index (χ3v) is 4.44. The lowest BCUT2D eigenvalue weighted by molar-refractivity contribution is 0.132. The minimum Gasteiger partial charge on any atom is -0.394 e. The lowest BCUT2D eigenvalue weighted by Crippen LogP contribution is -2.46. The molecule has 0 unspecified atom stereocenters. The summed E-state index contributed by atoms with van der Waals surface area (Å²) in [6.45, 7) is 9.60. The summed E-state index contributed by atoms with van der Waals surface area (Å²) in [6, 6.07) is 0. The average Bonchev–Trinajstić information content (AvgIpc) is 2.79. The highest BCUT2D eigenvalue weighted by Gasteiger charge is 2.17.